The van der Waals surface area contributed by atoms with Gasteiger partial charge in [-0.05, 0) is 25.7 Å². The molecule has 0 atom stereocenters. The third-order valence-electron chi connectivity index (χ3n) is 5.91. The van der Waals surface area contributed by atoms with Crippen molar-refractivity contribution in [3.63, 3.8) is 0 Å². The fraction of sp³-hybridized carbons (Fsp3) is 0.882. The zero-order valence-electron chi connectivity index (χ0n) is 15.5. The second-order valence-corrected chi connectivity index (χ2v) is 10.1. The van der Waals surface area contributed by atoms with E-state index in [0.717, 1.165) is 6.26 Å². The number of nitrogens with one attached hydrogen (secondary N) is 1. The molecule has 0 aromatic heterocycles. The molecule has 0 radical (unpaired) electrons. The highest BCUT2D eigenvalue weighted by atomic mass is 32.2. The first-order valence-corrected chi connectivity index (χ1v) is 11.3. The van der Waals surface area contributed by atoms with E-state index in [-0.39, 0.29) is 44.6 Å². The summed E-state index contributed by atoms with van der Waals surface area (Å²) in [5, 5.41) is 12.5. The quantitative estimate of drug-likeness (QED) is 0.658. The summed E-state index contributed by atoms with van der Waals surface area (Å²) in [7, 11) is -3.43. The first-order chi connectivity index (χ1) is 12.6. The molecule has 27 heavy (non-hydrogen) atoms. The summed E-state index contributed by atoms with van der Waals surface area (Å²) in [4.78, 5) is 25.2. The van der Waals surface area contributed by atoms with Crippen molar-refractivity contribution in [1.82, 2.24) is 5.32 Å². The van der Waals surface area contributed by atoms with E-state index >= 15 is 0 Å². The number of hydrogen-bond donors (Lipinski definition) is 2. The Hall–Kier alpha value is -1.23. The van der Waals surface area contributed by atoms with Crippen LogP contribution in [0.4, 0.5) is 0 Å². The predicted molar refractivity (Wildman–Crippen MR) is 93.8 cm³/mol. The molecule has 2 aliphatic heterocycles. The van der Waals surface area contributed by atoms with Crippen LogP contribution in [0.3, 0.4) is 0 Å². The normalized spacial score (nSPS) is 26.6. The molecule has 1 saturated carbocycles. The lowest BCUT2D eigenvalue weighted by atomic mass is 9.76. The number of ether oxygens (including phenoxy) is 3. The van der Waals surface area contributed by atoms with Gasteiger partial charge in [-0.25, -0.2) is 13.2 Å². The second-order valence-electron chi connectivity index (χ2n) is 7.91. The minimum Gasteiger partial charge on any atom is -0.480 e. The smallest absolute Gasteiger partial charge is 0.329 e. The first-order valence-electron chi connectivity index (χ1n) is 9.20. The van der Waals surface area contributed by atoms with E-state index in [9.17, 15) is 23.1 Å². The summed E-state index contributed by atoms with van der Waals surface area (Å²) in [6.07, 6.45) is 2.64. The van der Waals surface area contributed by atoms with Crippen LogP contribution in [0.5, 0.6) is 0 Å². The molecule has 3 rings (SSSR count). The molecule has 0 aromatic carbocycles. The molecule has 2 saturated heterocycles. The third kappa shape index (κ3) is 4.28. The first kappa shape index (κ1) is 20.5. The van der Waals surface area contributed by atoms with Gasteiger partial charge >= 0.3 is 5.97 Å². The molecular weight excluding hydrogens is 378 g/mol. The van der Waals surface area contributed by atoms with Crippen molar-refractivity contribution in [2.24, 2.45) is 5.41 Å². The molecule has 0 bridgehead atoms. The molecule has 154 valence electrons. The van der Waals surface area contributed by atoms with E-state index in [1.54, 1.807) is 0 Å². The van der Waals surface area contributed by atoms with Crippen molar-refractivity contribution in [3.05, 3.63) is 0 Å². The number of carboxylic acid groups (broad SMARTS) is 1. The molecule has 1 amide bonds. The van der Waals surface area contributed by atoms with Gasteiger partial charge in [-0.1, -0.05) is 0 Å². The van der Waals surface area contributed by atoms with E-state index in [0.29, 0.717) is 26.1 Å². The summed E-state index contributed by atoms with van der Waals surface area (Å²) in [5.41, 5.74) is -2.61. The Morgan fingerprint density at radius 2 is 1.52 bits per heavy atom. The van der Waals surface area contributed by atoms with E-state index in [2.05, 4.69) is 5.32 Å². The maximum absolute atomic E-state index is 13.1. The number of carbonyl (C=O) groups excluding carboxylic acids is 1. The van der Waals surface area contributed by atoms with Gasteiger partial charge in [0.05, 0.1) is 24.4 Å². The largest absolute Gasteiger partial charge is 0.480 e. The lowest BCUT2D eigenvalue weighted by molar-refractivity contribution is -0.192. The average molecular weight is 405 g/mol. The number of aliphatic carboxylic acids is 1. The monoisotopic (exact) mass is 405 g/mol. The van der Waals surface area contributed by atoms with Gasteiger partial charge in [-0.2, -0.15) is 0 Å². The highest BCUT2D eigenvalue weighted by Crippen LogP contribution is 2.41. The minimum absolute atomic E-state index is 0.166. The molecule has 3 fully saturated rings. The number of carbonyl (C=O) groups is 2. The van der Waals surface area contributed by atoms with Crippen molar-refractivity contribution in [3.8, 4) is 0 Å². The Labute approximate surface area is 158 Å². The molecule has 9 nitrogen and oxygen atoms in total. The highest BCUT2D eigenvalue weighted by molar-refractivity contribution is 7.90. The maximum Gasteiger partial charge on any atom is 0.329 e. The molecule has 2 heterocycles. The Morgan fingerprint density at radius 1 is 0.963 bits per heavy atom. The van der Waals surface area contributed by atoms with Crippen LogP contribution >= 0.6 is 0 Å². The molecule has 1 spiro atoms. The van der Waals surface area contributed by atoms with Gasteiger partial charge in [-0.15, -0.1) is 0 Å². The van der Waals surface area contributed by atoms with Crippen molar-refractivity contribution in [1.29, 1.82) is 0 Å². The van der Waals surface area contributed by atoms with Crippen LogP contribution in [0.15, 0.2) is 0 Å². The van der Waals surface area contributed by atoms with Crippen molar-refractivity contribution in [2.75, 3.05) is 38.4 Å². The maximum atomic E-state index is 13.1. The fourth-order valence-corrected chi connectivity index (χ4v) is 5.71. The molecule has 1 aliphatic carbocycles. The van der Waals surface area contributed by atoms with Crippen molar-refractivity contribution >= 4 is 21.7 Å². The van der Waals surface area contributed by atoms with Crippen LogP contribution in [0.25, 0.3) is 0 Å². The Balaban J connectivity index is 1.78. The van der Waals surface area contributed by atoms with E-state index in [1.165, 1.54) is 0 Å². The number of rotatable bonds is 5. The summed E-state index contributed by atoms with van der Waals surface area (Å²) in [5.74, 6) is -2.72. The van der Waals surface area contributed by atoms with Crippen LogP contribution in [0.2, 0.25) is 0 Å². The van der Waals surface area contributed by atoms with Crippen LogP contribution in [-0.2, 0) is 33.6 Å². The topological polar surface area (TPSA) is 128 Å². The summed E-state index contributed by atoms with van der Waals surface area (Å²) in [6.45, 7) is 1.50. The lowest BCUT2D eigenvalue weighted by Gasteiger charge is -2.44. The molecule has 0 unspecified atom stereocenters. The summed E-state index contributed by atoms with van der Waals surface area (Å²) < 4.78 is 40.4. The zero-order chi connectivity index (χ0) is 19.8. The van der Waals surface area contributed by atoms with Crippen LogP contribution < -0.4 is 5.32 Å². The zero-order valence-corrected chi connectivity index (χ0v) is 16.3. The van der Waals surface area contributed by atoms with Gasteiger partial charge in [0.25, 0.3) is 0 Å². The highest BCUT2D eigenvalue weighted by Gasteiger charge is 2.53. The van der Waals surface area contributed by atoms with E-state index in [1.807, 2.05) is 0 Å². The summed E-state index contributed by atoms with van der Waals surface area (Å²) in [6, 6.07) is 0. The molecule has 2 N–H and O–H groups in total. The van der Waals surface area contributed by atoms with Gasteiger partial charge in [0.15, 0.2) is 5.79 Å². The molecule has 0 aromatic rings. The van der Waals surface area contributed by atoms with Gasteiger partial charge < -0.3 is 24.6 Å². The van der Waals surface area contributed by atoms with Gasteiger partial charge in [0.1, 0.15) is 15.4 Å². The van der Waals surface area contributed by atoms with Gasteiger partial charge in [-0.3, -0.25) is 4.79 Å². The molecular formula is C17H27NO8S. The summed E-state index contributed by atoms with van der Waals surface area (Å²) >= 11 is 0. The van der Waals surface area contributed by atoms with Crippen LogP contribution in [-0.4, -0.2) is 75.2 Å². The number of amides is 1. The van der Waals surface area contributed by atoms with E-state index < -0.39 is 38.5 Å². The molecule has 10 heteroatoms. The van der Waals surface area contributed by atoms with Crippen molar-refractivity contribution in [2.45, 2.75) is 49.9 Å². The van der Waals surface area contributed by atoms with E-state index in [4.69, 9.17) is 14.2 Å². The predicted octanol–water partition coefficient (Wildman–Crippen LogP) is 0.0845. The van der Waals surface area contributed by atoms with Gasteiger partial charge in [0, 0.05) is 32.3 Å². The minimum atomic E-state index is -3.43. The SMILES string of the molecule is CS(=O)(=O)CC1(C(=O)NC2(C(=O)O)CCC3(CC2)OCCO3)CCOCC1. The number of hydrogen-bond acceptors (Lipinski definition) is 7. The number of sulfone groups is 1. The Kier molecular flexibility index (Phi) is 5.55. The Morgan fingerprint density at radius 3 is 2.00 bits per heavy atom. The third-order valence-corrected chi connectivity index (χ3v) is 6.99. The standard InChI is InChI=1S/C17H27NO8S/c1-27(22,23)12-15(6-8-24-9-7-15)13(19)18-16(14(20)21)2-4-17(5-3-16)25-10-11-26-17/h2-12H2,1H3,(H,18,19)(H,20,21). The van der Waals surface area contributed by atoms with Crippen LogP contribution in [0.1, 0.15) is 38.5 Å². The van der Waals surface area contributed by atoms with Crippen molar-refractivity contribution < 1.29 is 37.3 Å². The van der Waals surface area contributed by atoms with Crippen LogP contribution in [0, 0.1) is 5.41 Å². The number of carboxylic acids is 1. The fourth-order valence-electron chi connectivity index (χ4n) is 4.29. The van der Waals surface area contributed by atoms with Gasteiger partial charge in [0.2, 0.25) is 5.91 Å². The molecule has 3 aliphatic rings. The second kappa shape index (κ2) is 7.31. The lowest BCUT2D eigenvalue weighted by Crippen LogP contribution is -2.62. The average Bonchev–Trinajstić information content (AvgIpc) is 3.05. The Bertz CT molecular complexity index is 682.